The Morgan fingerprint density at radius 1 is 1.23 bits per heavy atom. The molecule has 2 N–H and O–H groups in total. The number of amides is 1. The molecule has 0 radical (unpaired) electrons. The number of rotatable bonds is 4. The molecule has 4 rings (SSSR count). The third-order valence-electron chi connectivity index (χ3n) is 5.36. The summed E-state index contributed by atoms with van der Waals surface area (Å²) in [6.45, 7) is 1.94. The predicted molar refractivity (Wildman–Crippen MR) is 112 cm³/mol. The SMILES string of the molecule is Cc1ccc([C@@]2(NC(=O)c3ccc(C(=O)O)c(Cl)c3)CCOc3cccnc32)cc1F. The zero-order chi connectivity index (χ0) is 22.2. The Labute approximate surface area is 182 Å². The van der Waals surface area contributed by atoms with E-state index in [0.717, 1.165) is 0 Å². The van der Waals surface area contributed by atoms with Gasteiger partial charge < -0.3 is 15.2 Å². The zero-order valence-electron chi connectivity index (χ0n) is 16.5. The highest BCUT2D eigenvalue weighted by atomic mass is 35.5. The summed E-state index contributed by atoms with van der Waals surface area (Å²) < 4.78 is 20.2. The first-order valence-corrected chi connectivity index (χ1v) is 9.90. The fourth-order valence-electron chi connectivity index (χ4n) is 3.69. The van der Waals surface area contributed by atoms with E-state index in [2.05, 4.69) is 10.3 Å². The molecule has 8 heteroatoms. The van der Waals surface area contributed by atoms with Crippen LogP contribution in [0.3, 0.4) is 0 Å². The highest BCUT2D eigenvalue weighted by molar-refractivity contribution is 6.33. The number of halogens is 2. The number of carbonyl (C=O) groups excluding carboxylic acids is 1. The van der Waals surface area contributed by atoms with Gasteiger partial charge in [0, 0.05) is 18.2 Å². The zero-order valence-corrected chi connectivity index (χ0v) is 17.2. The summed E-state index contributed by atoms with van der Waals surface area (Å²) in [4.78, 5) is 28.9. The van der Waals surface area contributed by atoms with Crippen LogP contribution >= 0.6 is 11.6 Å². The Morgan fingerprint density at radius 2 is 2.03 bits per heavy atom. The Balaban J connectivity index is 1.82. The van der Waals surface area contributed by atoms with Gasteiger partial charge in [-0.3, -0.25) is 9.78 Å². The molecule has 2 heterocycles. The summed E-state index contributed by atoms with van der Waals surface area (Å²) in [6, 6.07) is 12.2. The van der Waals surface area contributed by atoms with E-state index >= 15 is 0 Å². The number of hydrogen-bond acceptors (Lipinski definition) is 4. The number of aromatic carboxylic acids is 1. The third kappa shape index (κ3) is 3.72. The summed E-state index contributed by atoms with van der Waals surface area (Å²) in [5, 5.41) is 12.1. The number of fused-ring (bicyclic) bond motifs is 1. The lowest BCUT2D eigenvalue weighted by Gasteiger charge is -2.39. The first kappa shape index (κ1) is 20.8. The van der Waals surface area contributed by atoms with Crippen LogP contribution in [0.5, 0.6) is 5.75 Å². The average molecular weight is 441 g/mol. The van der Waals surface area contributed by atoms with Gasteiger partial charge in [-0.1, -0.05) is 23.7 Å². The highest BCUT2D eigenvalue weighted by Gasteiger charge is 2.43. The van der Waals surface area contributed by atoms with Crippen molar-refractivity contribution in [1.82, 2.24) is 10.3 Å². The molecule has 1 atom stereocenters. The van der Waals surface area contributed by atoms with E-state index in [9.17, 15) is 14.0 Å². The van der Waals surface area contributed by atoms with Gasteiger partial charge >= 0.3 is 5.97 Å². The fourth-order valence-corrected chi connectivity index (χ4v) is 3.95. The van der Waals surface area contributed by atoms with E-state index in [1.54, 1.807) is 37.4 Å². The van der Waals surface area contributed by atoms with Gasteiger partial charge in [-0.2, -0.15) is 0 Å². The molecule has 1 aliphatic heterocycles. The molecular formula is C23H18ClFN2O4. The number of aromatic nitrogens is 1. The molecule has 6 nitrogen and oxygen atoms in total. The highest BCUT2D eigenvalue weighted by Crippen LogP contribution is 2.41. The first-order valence-electron chi connectivity index (χ1n) is 9.52. The van der Waals surface area contributed by atoms with Gasteiger partial charge in [0.25, 0.3) is 5.91 Å². The third-order valence-corrected chi connectivity index (χ3v) is 5.68. The molecule has 0 saturated carbocycles. The molecule has 0 saturated heterocycles. The van der Waals surface area contributed by atoms with Gasteiger partial charge in [0.2, 0.25) is 0 Å². The van der Waals surface area contributed by atoms with Crippen molar-refractivity contribution >= 4 is 23.5 Å². The summed E-state index contributed by atoms with van der Waals surface area (Å²) in [6.07, 6.45) is 1.91. The van der Waals surface area contributed by atoms with Gasteiger partial charge in [-0.05, 0) is 54.4 Å². The maximum atomic E-state index is 14.5. The van der Waals surface area contributed by atoms with Gasteiger partial charge in [-0.25, -0.2) is 9.18 Å². The minimum absolute atomic E-state index is 0.0546. The monoisotopic (exact) mass is 440 g/mol. The molecule has 158 valence electrons. The minimum Gasteiger partial charge on any atom is -0.491 e. The lowest BCUT2D eigenvalue weighted by molar-refractivity contribution is 0.0696. The van der Waals surface area contributed by atoms with Crippen LogP contribution in [0.4, 0.5) is 4.39 Å². The normalized spacial score (nSPS) is 17.4. The molecule has 1 aromatic heterocycles. The van der Waals surface area contributed by atoms with E-state index in [-0.39, 0.29) is 22.8 Å². The van der Waals surface area contributed by atoms with Crippen LogP contribution in [0.25, 0.3) is 0 Å². The lowest BCUT2D eigenvalue weighted by Crippen LogP contribution is -2.50. The van der Waals surface area contributed by atoms with Crippen LogP contribution < -0.4 is 10.1 Å². The van der Waals surface area contributed by atoms with E-state index in [0.29, 0.717) is 29.0 Å². The smallest absolute Gasteiger partial charge is 0.337 e. The van der Waals surface area contributed by atoms with Crippen molar-refractivity contribution in [2.75, 3.05) is 6.61 Å². The topological polar surface area (TPSA) is 88.5 Å². The number of benzene rings is 2. The molecule has 31 heavy (non-hydrogen) atoms. The second kappa shape index (κ2) is 8.00. The molecule has 1 amide bonds. The Hall–Kier alpha value is -3.45. The quantitative estimate of drug-likeness (QED) is 0.630. The first-order chi connectivity index (χ1) is 14.8. The van der Waals surface area contributed by atoms with Gasteiger partial charge in [0.1, 0.15) is 22.8 Å². The Morgan fingerprint density at radius 3 is 2.74 bits per heavy atom. The Bertz CT molecular complexity index is 1200. The van der Waals surface area contributed by atoms with Crippen LogP contribution in [0.2, 0.25) is 5.02 Å². The van der Waals surface area contributed by atoms with Gasteiger partial charge in [-0.15, -0.1) is 0 Å². The summed E-state index contributed by atoms with van der Waals surface area (Å²) in [7, 11) is 0. The number of pyridine rings is 1. The molecule has 0 fully saturated rings. The molecule has 1 aliphatic rings. The number of ether oxygens (including phenoxy) is 1. The molecule has 0 unspecified atom stereocenters. The van der Waals surface area contributed by atoms with E-state index in [1.807, 2.05) is 0 Å². The lowest BCUT2D eigenvalue weighted by atomic mass is 9.80. The van der Waals surface area contributed by atoms with Crippen molar-refractivity contribution in [3.8, 4) is 5.75 Å². The van der Waals surface area contributed by atoms with Crippen molar-refractivity contribution in [3.05, 3.63) is 93.5 Å². The van der Waals surface area contributed by atoms with E-state index < -0.39 is 23.2 Å². The minimum atomic E-state index is -1.19. The summed E-state index contributed by atoms with van der Waals surface area (Å²) in [5.41, 5.74) is 0.400. The number of aryl methyl sites for hydroxylation is 1. The van der Waals surface area contributed by atoms with Crippen molar-refractivity contribution in [2.45, 2.75) is 18.9 Å². The van der Waals surface area contributed by atoms with Gasteiger partial charge in [0.15, 0.2) is 0 Å². The fraction of sp³-hybridized carbons (Fsp3) is 0.174. The van der Waals surface area contributed by atoms with Gasteiger partial charge in [0.05, 0.1) is 17.2 Å². The number of carboxylic acid groups (broad SMARTS) is 1. The molecule has 3 aromatic rings. The maximum Gasteiger partial charge on any atom is 0.337 e. The number of hydrogen-bond donors (Lipinski definition) is 2. The Kier molecular flexibility index (Phi) is 5.37. The van der Waals surface area contributed by atoms with Crippen molar-refractivity contribution in [2.24, 2.45) is 0 Å². The van der Waals surface area contributed by atoms with Crippen LogP contribution in [-0.4, -0.2) is 28.6 Å². The predicted octanol–water partition coefficient (Wildman–Crippen LogP) is 4.34. The van der Waals surface area contributed by atoms with Crippen molar-refractivity contribution in [1.29, 1.82) is 0 Å². The summed E-state index contributed by atoms with van der Waals surface area (Å²) >= 11 is 6.04. The van der Waals surface area contributed by atoms with Crippen LogP contribution in [-0.2, 0) is 5.54 Å². The standard InChI is InChI=1S/C23H18ClFN2O4/c1-13-4-6-15(12-18(13)25)23(8-10-31-19-3-2-9-26-20(19)23)27-21(28)14-5-7-16(22(29)30)17(24)11-14/h2-7,9,11-12H,8,10H2,1H3,(H,27,28)(H,29,30)/t23-/m0/s1. The maximum absolute atomic E-state index is 14.5. The van der Waals surface area contributed by atoms with Crippen LogP contribution in [0.15, 0.2) is 54.7 Å². The largest absolute Gasteiger partial charge is 0.491 e. The van der Waals surface area contributed by atoms with Crippen LogP contribution in [0.1, 0.15) is 44.0 Å². The van der Waals surface area contributed by atoms with E-state index in [1.165, 1.54) is 24.3 Å². The molecule has 0 aliphatic carbocycles. The number of carbonyl (C=O) groups is 2. The summed E-state index contributed by atoms with van der Waals surface area (Å²) in [5.74, 6) is -1.59. The average Bonchev–Trinajstić information content (AvgIpc) is 2.75. The second-order valence-corrected chi connectivity index (χ2v) is 7.68. The van der Waals surface area contributed by atoms with Crippen LogP contribution in [0, 0.1) is 12.7 Å². The number of nitrogens with one attached hydrogen (secondary N) is 1. The molecular weight excluding hydrogens is 423 g/mol. The molecule has 2 aromatic carbocycles. The number of nitrogens with zero attached hydrogens (tertiary/aromatic N) is 1. The second-order valence-electron chi connectivity index (χ2n) is 7.27. The molecule has 0 bridgehead atoms. The number of carboxylic acids is 1. The van der Waals surface area contributed by atoms with Crippen molar-refractivity contribution < 1.29 is 23.8 Å². The van der Waals surface area contributed by atoms with Crippen molar-refractivity contribution in [3.63, 3.8) is 0 Å². The molecule has 0 spiro atoms. The van der Waals surface area contributed by atoms with E-state index in [4.69, 9.17) is 21.4 Å².